The fourth-order valence-corrected chi connectivity index (χ4v) is 4.60. The van der Waals surface area contributed by atoms with Crippen molar-refractivity contribution in [2.75, 3.05) is 25.5 Å². The highest BCUT2D eigenvalue weighted by molar-refractivity contribution is 7.89. The van der Waals surface area contributed by atoms with Crippen molar-refractivity contribution in [3.63, 3.8) is 0 Å². The average molecular weight is 413 g/mol. The number of hydrogen-bond acceptors (Lipinski definition) is 4. The predicted octanol–water partition coefficient (Wildman–Crippen LogP) is 3.52. The maximum absolute atomic E-state index is 13.3. The van der Waals surface area contributed by atoms with Crippen LogP contribution in [-0.4, -0.2) is 38.8 Å². The molecule has 1 saturated heterocycles. The molecule has 6 nitrogen and oxygen atoms in total. The van der Waals surface area contributed by atoms with Gasteiger partial charge in [-0.25, -0.2) is 12.8 Å². The van der Waals surface area contributed by atoms with Crippen molar-refractivity contribution in [3.05, 3.63) is 52.8 Å². The summed E-state index contributed by atoms with van der Waals surface area (Å²) in [6, 6.07) is 7.90. The molecule has 1 heterocycles. The van der Waals surface area contributed by atoms with Gasteiger partial charge in [-0.1, -0.05) is 11.6 Å². The summed E-state index contributed by atoms with van der Waals surface area (Å²) in [4.78, 5) is 12.7. The number of methoxy groups -OCH3 is 1. The van der Waals surface area contributed by atoms with Crippen LogP contribution in [0.5, 0.6) is 5.75 Å². The van der Waals surface area contributed by atoms with Crippen molar-refractivity contribution < 1.29 is 22.3 Å². The Hall–Kier alpha value is -2.16. The Bertz CT molecular complexity index is 975. The number of anilines is 1. The van der Waals surface area contributed by atoms with Gasteiger partial charge < -0.3 is 10.1 Å². The van der Waals surface area contributed by atoms with E-state index in [4.69, 9.17) is 16.3 Å². The normalized spacial score (nSPS) is 14.9. The minimum atomic E-state index is -3.68. The lowest BCUT2D eigenvalue weighted by Crippen LogP contribution is -2.28. The zero-order valence-corrected chi connectivity index (χ0v) is 16.1. The van der Waals surface area contributed by atoms with Crippen LogP contribution < -0.4 is 10.1 Å². The molecule has 0 saturated carbocycles. The minimum absolute atomic E-state index is 0.0208. The van der Waals surface area contributed by atoms with Gasteiger partial charge in [-0.15, -0.1) is 0 Å². The third-order valence-electron chi connectivity index (χ3n) is 4.30. The van der Waals surface area contributed by atoms with Gasteiger partial charge >= 0.3 is 0 Å². The van der Waals surface area contributed by atoms with Crippen molar-refractivity contribution >= 4 is 33.2 Å². The number of hydrogen-bond donors (Lipinski definition) is 1. The Labute approximate surface area is 161 Å². The van der Waals surface area contributed by atoms with Crippen molar-refractivity contribution in [3.8, 4) is 5.75 Å². The third kappa shape index (κ3) is 4.07. The van der Waals surface area contributed by atoms with Crippen molar-refractivity contribution in [2.24, 2.45) is 0 Å². The number of amides is 1. The van der Waals surface area contributed by atoms with Gasteiger partial charge in [0.2, 0.25) is 10.0 Å². The van der Waals surface area contributed by atoms with E-state index >= 15 is 0 Å². The maximum Gasteiger partial charge on any atom is 0.259 e. The molecule has 1 aliphatic rings. The zero-order chi connectivity index (χ0) is 19.6. The summed E-state index contributed by atoms with van der Waals surface area (Å²) >= 11 is 5.72. The van der Waals surface area contributed by atoms with E-state index in [1.54, 1.807) is 0 Å². The first-order valence-electron chi connectivity index (χ1n) is 8.27. The van der Waals surface area contributed by atoms with E-state index in [1.165, 1.54) is 41.7 Å². The van der Waals surface area contributed by atoms with Crippen LogP contribution in [0.2, 0.25) is 5.02 Å². The Morgan fingerprint density at radius 1 is 1.19 bits per heavy atom. The van der Waals surface area contributed by atoms with E-state index in [2.05, 4.69) is 5.32 Å². The second kappa shape index (κ2) is 7.84. The van der Waals surface area contributed by atoms with Crippen LogP contribution in [0.4, 0.5) is 10.1 Å². The molecule has 2 aromatic rings. The highest BCUT2D eigenvalue weighted by Crippen LogP contribution is 2.28. The highest BCUT2D eigenvalue weighted by Gasteiger charge is 2.28. The van der Waals surface area contributed by atoms with Gasteiger partial charge in [0.1, 0.15) is 11.6 Å². The van der Waals surface area contributed by atoms with Crippen LogP contribution in [0.15, 0.2) is 41.3 Å². The monoisotopic (exact) mass is 412 g/mol. The Morgan fingerprint density at radius 2 is 1.89 bits per heavy atom. The first-order chi connectivity index (χ1) is 12.8. The van der Waals surface area contributed by atoms with Crippen LogP contribution in [-0.2, 0) is 10.0 Å². The first kappa shape index (κ1) is 19.6. The van der Waals surface area contributed by atoms with Crippen molar-refractivity contribution in [1.82, 2.24) is 4.31 Å². The van der Waals surface area contributed by atoms with E-state index in [1.807, 2.05) is 0 Å². The number of carbonyl (C=O) groups is 1. The van der Waals surface area contributed by atoms with Crippen molar-refractivity contribution in [1.29, 1.82) is 0 Å². The van der Waals surface area contributed by atoms with Gasteiger partial charge in [0, 0.05) is 18.8 Å². The molecule has 0 atom stereocenters. The number of nitrogens with zero attached hydrogens (tertiary/aromatic N) is 1. The summed E-state index contributed by atoms with van der Waals surface area (Å²) in [6.07, 6.45) is 1.63. The average Bonchev–Trinajstić information content (AvgIpc) is 3.19. The molecule has 0 radical (unpaired) electrons. The van der Waals surface area contributed by atoms with Gasteiger partial charge in [0.15, 0.2) is 0 Å². The van der Waals surface area contributed by atoms with Crippen LogP contribution in [0, 0.1) is 5.82 Å². The van der Waals surface area contributed by atoms with Crippen LogP contribution in [0.25, 0.3) is 0 Å². The SMILES string of the molecule is COc1ccc(S(=O)(=O)N2CCCC2)cc1C(=O)Nc1ccc(F)c(Cl)c1. The lowest BCUT2D eigenvalue weighted by atomic mass is 10.2. The summed E-state index contributed by atoms with van der Waals surface area (Å²) in [5.41, 5.74) is 0.333. The number of sulfonamides is 1. The predicted molar refractivity (Wildman–Crippen MR) is 100 cm³/mol. The van der Waals surface area contributed by atoms with E-state index in [9.17, 15) is 17.6 Å². The molecule has 0 spiro atoms. The summed E-state index contributed by atoms with van der Waals surface area (Å²) in [6.45, 7) is 0.925. The van der Waals surface area contributed by atoms with Gasteiger partial charge in [-0.3, -0.25) is 4.79 Å². The minimum Gasteiger partial charge on any atom is -0.496 e. The molecule has 1 amide bonds. The number of rotatable bonds is 5. The van der Waals surface area contributed by atoms with Gasteiger partial charge in [-0.2, -0.15) is 4.31 Å². The molecule has 144 valence electrons. The molecule has 0 unspecified atom stereocenters. The van der Waals surface area contributed by atoms with Crippen LogP contribution >= 0.6 is 11.6 Å². The molecule has 1 fully saturated rings. The summed E-state index contributed by atoms with van der Waals surface area (Å²) in [5.74, 6) is -0.972. The summed E-state index contributed by atoms with van der Waals surface area (Å²) < 4.78 is 45.3. The molecule has 2 aromatic carbocycles. The van der Waals surface area contributed by atoms with E-state index < -0.39 is 21.7 Å². The Balaban J connectivity index is 1.93. The number of halogens is 2. The summed E-state index contributed by atoms with van der Waals surface area (Å²) in [7, 11) is -2.29. The Morgan fingerprint density at radius 3 is 2.52 bits per heavy atom. The first-order valence-corrected chi connectivity index (χ1v) is 10.1. The maximum atomic E-state index is 13.3. The van der Waals surface area contributed by atoms with E-state index in [-0.39, 0.29) is 26.9 Å². The second-order valence-electron chi connectivity index (χ2n) is 6.06. The summed E-state index contributed by atoms with van der Waals surface area (Å²) in [5, 5.41) is 2.44. The van der Waals surface area contributed by atoms with E-state index in [0.717, 1.165) is 18.9 Å². The molecule has 0 bridgehead atoms. The third-order valence-corrected chi connectivity index (χ3v) is 6.48. The molecule has 3 rings (SSSR count). The van der Waals surface area contributed by atoms with Crippen LogP contribution in [0.1, 0.15) is 23.2 Å². The number of ether oxygens (including phenoxy) is 1. The molecule has 27 heavy (non-hydrogen) atoms. The Kier molecular flexibility index (Phi) is 5.69. The molecule has 0 aliphatic carbocycles. The zero-order valence-electron chi connectivity index (χ0n) is 14.5. The molecule has 9 heteroatoms. The number of nitrogens with one attached hydrogen (secondary N) is 1. The van der Waals surface area contributed by atoms with Crippen LogP contribution in [0.3, 0.4) is 0 Å². The number of carbonyl (C=O) groups excluding carboxylic acids is 1. The van der Waals surface area contributed by atoms with Gasteiger partial charge in [-0.05, 0) is 49.2 Å². The van der Waals surface area contributed by atoms with Crippen molar-refractivity contribution in [2.45, 2.75) is 17.7 Å². The molecular weight excluding hydrogens is 395 g/mol. The molecule has 1 N–H and O–H groups in total. The second-order valence-corrected chi connectivity index (χ2v) is 8.40. The van der Waals surface area contributed by atoms with E-state index in [0.29, 0.717) is 13.1 Å². The van der Waals surface area contributed by atoms with Gasteiger partial charge in [0.05, 0.1) is 22.6 Å². The fourth-order valence-electron chi connectivity index (χ4n) is 2.87. The topological polar surface area (TPSA) is 75.7 Å². The fraction of sp³-hybridized carbons (Fsp3) is 0.278. The van der Waals surface area contributed by atoms with Gasteiger partial charge in [0.25, 0.3) is 5.91 Å². The number of benzene rings is 2. The molecule has 0 aromatic heterocycles. The largest absolute Gasteiger partial charge is 0.496 e. The highest BCUT2D eigenvalue weighted by atomic mass is 35.5. The standard InChI is InChI=1S/C18H18ClFN2O4S/c1-26-17-7-5-13(27(24,25)22-8-2-3-9-22)11-14(17)18(23)21-12-4-6-16(20)15(19)10-12/h4-7,10-11H,2-3,8-9H2,1H3,(H,21,23). The molecule has 1 aliphatic heterocycles. The lowest BCUT2D eigenvalue weighted by Gasteiger charge is -2.17. The smallest absolute Gasteiger partial charge is 0.259 e. The quantitative estimate of drug-likeness (QED) is 0.815. The molecular formula is C18H18ClFN2O4S. The lowest BCUT2D eigenvalue weighted by molar-refractivity contribution is 0.102.